The Hall–Kier alpha value is -0.540. The van der Waals surface area contributed by atoms with Crippen molar-refractivity contribution < 1.29 is 0 Å². The Morgan fingerprint density at radius 1 is 1.11 bits per heavy atom. The van der Waals surface area contributed by atoms with Crippen LogP contribution >= 0.6 is 23.2 Å². The monoisotopic (exact) mass is 285 g/mol. The zero-order valence-electron chi connectivity index (χ0n) is 10.3. The summed E-state index contributed by atoms with van der Waals surface area (Å²) in [6.45, 7) is 1.04. The van der Waals surface area contributed by atoms with Crippen LogP contribution in [0.5, 0.6) is 0 Å². The number of hydrogen-bond acceptors (Lipinski definition) is 3. The van der Waals surface area contributed by atoms with Gasteiger partial charge in [0.25, 0.3) is 0 Å². The second kappa shape index (κ2) is 5.22. The second-order valence-corrected chi connectivity index (χ2v) is 6.00. The fourth-order valence-electron chi connectivity index (χ4n) is 3.43. The number of anilines is 1. The molecule has 0 bridgehead atoms. The van der Waals surface area contributed by atoms with Crippen LogP contribution in [0.2, 0.25) is 10.3 Å². The molecule has 0 N–H and O–H groups in total. The Morgan fingerprint density at radius 3 is 2.78 bits per heavy atom. The van der Waals surface area contributed by atoms with Gasteiger partial charge in [0, 0.05) is 12.6 Å². The lowest BCUT2D eigenvalue weighted by molar-refractivity contribution is 0.242. The van der Waals surface area contributed by atoms with E-state index in [0.29, 0.717) is 11.1 Å². The van der Waals surface area contributed by atoms with Crippen molar-refractivity contribution in [3.05, 3.63) is 16.5 Å². The van der Waals surface area contributed by atoms with E-state index in [1.807, 2.05) is 0 Å². The minimum absolute atomic E-state index is 0.285. The largest absolute Gasteiger partial charge is 0.352 e. The van der Waals surface area contributed by atoms with E-state index in [2.05, 4.69) is 14.9 Å². The standard InChI is InChI=1S/C13H17Cl2N3/c14-10-8-16-13(15)17-12(10)18-7-3-5-9-4-1-2-6-11(9)18/h8-9,11H,1-7H2. The molecule has 3 nitrogen and oxygen atoms in total. The Balaban J connectivity index is 1.91. The van der Waals surface area contributed by atoms with Crippen LogP contribution in [0.4, 0.5) is 5.82 Å². The molecule has 2 atom stereocenters. The highest BCUT2D eigenvalue weighted by molar-refractivity contribution is 6.33. The lowest BCUT2D eigenvalue weighted by atomic mass is 9.78. The van der Waals surface area contributed by atoms with Crippen LogP contribution in [0.1, 0.15) is 38.5 Å². The van der Waals surface area contributed by atoms with Crippen molar-refractivity contribution in [3.63, 3.8) is 0 Å². The zero-order chi connectivity index (χ0) is 12.5. The molecule has 1 aromatic heterocycles. The normalized spacial score (nSPS) is 28.0. The van der Waals surface area contributed by atoms with Gasteiger partial charge in [-0.05, 0) is 43.2 Å². The average molecular weight is 286 g/mol. The van der Waals surface area contributed by atoms with E-state index in [1.54, 1.807) is 6.20 Å². The molecular formula is C13H17Cl2N3. The van der Waals surface area contributed by atoms with E-state index in [-0.39, 0.29) is 5.28 Å². The molecule has 0 aromatic carbocycles. The minimum Gasteiger partial charge on any atom is -0.352 e. The van der Waals surface area contributed by atoms with Crippen molar-refractivity contribution in [1.29, 1.82) is 0 Å². The maximum Gasteiger partial charge on any atom is 0.224 e. The number of aromatic nitrogens is 2. The van der Waals surface area contributed by atoms with Gasteiger partial charge in [0.1, 0.15) is 5.02 Å². The fraction of sp³-hybridized carbons (Fsp3) is 0.692. The predicted octanol–water partition coefficient (Wildman–Crippen LogP) is 3.94. The van der Waals surface area contributed by atoms with Crippen LogP contribution in [0, 0.1) is 5.92 Å². The summed E-state index contributed by atoms with van der Waals surface area (Å²) < 4.78 is 0. The van der Waals surface area contributed by atoms with Gasteiger partial charge in [-0.2, -0.15) is 4.98 Å². The van der Waals surface area contributed by atoms with Crippen molar-refractivity contribution in [2.45, 2.75) is 44.6 Å². The molecule has 0 amide bonds. The van der Waals surface area contributed by atoms with Gasteiger partial charge >= 0.3 is 0 Å². The zero-order valence-corrected chi connectivity index (χ0v) is 11.8. The third-order valence-corrected chi connectivity index (χ3v) is 4.66. The molecule has 0 radical (unpaired) electrons. The molecule has 2 unspecified atom stereocenters. The molecule has 1 saturated heterocycles. The number of halogens is 2. The van der Waals surface area contributed by atoms with Crippen LogP contribution in [0.15, 0.2) is 6.20 Å². The molecule has 18 heavy (non-hydrogen) atoms. The van der Waals surface area contributed by atoms with E-state index in [1.165, 1.54) is 38.5 Å². The summed E-state index contributed by atoms with van der Waals surface area (Å²) in [6, 6.07) is 0.593. The Kier molecular flexibility index (Phi) is 3.62. The molecule has 3 rings (SSSR count). The van der Waals surface area contributed by atoms with Gasteiger partial charge in [0.15, 0.2) is 5.82 Å². The highest BCUT2D eigenvalue weighted by Crippen LogP contribution is 2.39. The molecule has 1 saturated carbocycles. The van der Waals surface area contributed by atoms with Crippen LogP contribution in [0.25, 0.3) is 0 Å². The first-order chi connectivity index (χ1) is 8.75. The average Bonchev–Trinajstić information content (AvgIpc) is 2.41. The Labute approximate surface area is 118 Å². The summed E-state index contributed by atoms with van der Waals surface area (Å²) in [4.78, 5) is 10.6. The molecule has 2 aliphatic rings. The summed E-state index contributed by atoms with van der Waals surface area (Å²) in [5, 5.41) is 0.901. The van der Waals surface area contributed by atoms with Crippen LogP contribution in [0.3, 0.4) is 0 Å². The number of piperidine rings is 1. The first-order valence-corrected chi connectivity index (χ1v) is 7.46. The first-order valence-electron chi connectivity index (χ1n) is 6.70. The third kappa shape index (κ3) is 2.30. The molecular weight excluding hydrogens is 269 g/mol. The number of fused-ring (bicyclic) bond motifs is 1. The molecule has 1 aliphatic carbocycles. The Bertz CT molecular complexity index is 436. The topological polar surface area (TPSA) is 29.0 Å². The number of hydrogen-bond donors (Lipinski definition) is 0. The van der Waals surface area contributed by atoms with E-state index in [9.17, 15) is 0 Å². The summed E-state index contributed by atoms with van der Waals surface area (Å²) in [6.07, 6.45) is 9.46. The number of nitrogens with zero attached hydrogens (tertiary/aromatic N) is 3. The fourth-order valence-corrected chi connectivity index (χ4v) is 3.75. The lowest BCUT2D eigenvalue weighted by Gasteiger charge is -2.45. The van der Waals surface area contributed by atoms with Crippen molar-refractivity contribution in [3.8, 4) is 0 Å². The highest BCUT2D eigenvalue weighted by atomic mass is 35.5. The molecule has 1 aliphatic heterocycles. The summed E-state index contributed by atoms with van der Waals surface area (Å²) >= 11 is 12.1. The molecule has 98 valence electrons. The minimum atomic E-state index is 0.285. The molecule has 1 aromatic rings. The molecule has 2 fully saturated rings. The van der Waals surface area contributed by atoms with Gasteiger partial charge in [0.05, 0.1) is 6.20 Å². The van der Waals surface area contributed by atoms with Gasteiger partial charge in [-0.15, -0.1) is 0 Å². The van der Waals surface area contributed by atoms with Crippen LogP contribution in [-0.4, -0.2) is 22.6 Å². The van der Waals surface area contributed by atoms with Gasteiger partial charge < -0.3 is 4.90 Å². The molecule has 2 heterocycles. The highest BCUT2D eigenvalue weighted by Gasteiger charge is 2.34. The summed E-state index contributed by atoms with van der Waals surface area (Å²) in [5.74, 6) is 1.63. The SMILES string of the molecule is Clc1ncc(Cl)c(N2CCCC3CCCCC32)n1. The Morgan fingerprint density at radius 2 is 1.89 bits per heavy atom. The number of rotatable bonds is 1. The summed E-state index contributed by atoms with van der Waals surface area (Å²) in [5.41, 5.74) is 0. The van der Waals surface area contributed by atoms with Gasteiger partial charge in [-0.1, -0.05) is 24.4 Å². The van der Waals surface area contributed by atoms with Crippen molar-refractivity contribution in [2.75, 3.05) is 11.4 Å². The van der Waals surface area contributed by atoms with Gasteiger partial charge in [0.2, 0.25) is 5.28 Å². The lowest BCUT2D eigenvalue weighted by Crippen LogP contribution is -2.47. The molecule has 5 heteroatoms. The maximum absolute atomic E-state index is 6.24. The van der Waals surface area contributed by atoms with E-state index in [0.717, 1.165) is 18.3 Å². The smallest absolute Gasteiger partial charge is 0.224 e. The maximum atomic E-state index is 6.24. The van der Waals surface area contributed by atoms with Crippen molar-refractivity contribution >= 4 is 29.0 Å². The summed E-state index contributed by atoms with van der Waals surface area (Å²) in [7, 11) is 0. The molecule has 0 spiro atoms. The van der Waals surface area contributed by atoms with Crippen LogP contribution in [-0.2, 0) is 0 Å². The second-order valence-electron chi connectivity index (χ2n) is 5.26. The van der Waals surface area contributed by atoms with E-state index in [4.69, 9.17) is 23.2 Å². The quantitative estimate of drug-likeness (QED) is 0.732. The van der Waals surface area contributed by atoms with Crippen LogP contribution < -0.4 is 4.90 Å². The van der Waals surface area contributed by atoms with Gasteiger partial charge in [-0.25, -0.2) is 4.98 Å². The van der Waals surface area contributed by atoms with Crippen molar-refractivity contribution in [2.24, 2.45) is 5.92 Å². The third-order valence-electron chi connectivity index (χ3n) is 4.21. The predicted molar refractivity (Wildman–Crippen MR) is 74.4 cm³/mol. The van der Waals surface area contributed by atoms with E-state index < -0.39 is 0 Å². The first kappa shape index (κ1) is 12.5. The van der Waals surface area contributed by atoms with Crippen molar-refractivity contribution in [1.82, 2.24) is 9.97 Å². The van der Waals surface area contributed by atoms with Gasteiger partial charge in [-0.3, -0.25) is 0 Å². The van der Waals surface area contributed by atoms with E-state index >= 15 is 0 Å².